The molecular weight excluding hydrogens is 384 g/mol. The van der Waals surface area contributed by atoms with E-state index in [0.29, 0.717) is 5.56 Å². The average Bonchev–Trinajstić information content (AvgIpc) is 2.75. The number of imide groups is 1. The quantitative estimate of drug-likeness (QED) is 0.354. The van der Waals surface area contributed by atoms with E-state index in [2.05, 4.69) is 10.2 Å². The SMILES string of the molecule is O=C1/C(=C\Nc2ccc(CN3CCCCC3)cc2)c2ccccc2C(=O)N1[N+](=O)[O-]. The number of rotatable bonds is 5. The van der Waals surface area contributed by atoms with Gasteiger partial charge in [0, 0.05) is 29.0 Å². The van der Waals surface area contributed by atoms with E-state index in [1.165, 1.54) is 37.1 Å². The van der Waals surface area contributed by atoms with Crippen LogP contribution in [0.3, 0.4) is 0 Å². The molecule has 0 atom stereocenters. The zero-order valence-electron chi connectivity index (χ0n) is 16.4. The van der Waals surface area contributed by atoms with Crippen molar-refractivity contribution < 1.29 is 14.6 Å². The monoisotopic (exact) mass is 406 g/mol. The Balaban J connectivity index is 1.53. The Morgan fingerprint density at radius 2 is 1.60 bits per heavy atom. The predicted octanol–water partition coefficient (Wildman–Crippen LogP) is 3.30. The first-order valence-electron chi connectivity index (χ1n) is 9.95. The molecule has 0 bridgehead atoms. The van der Waals surface area contributed by atoms with Crippen molar-refractivity contribution in [3.05, 3.63) is 81.5 Å². The van der Waals surface area contributed by atoms with Crippen LogP contribution in [0.15, 0.2) is 54.7 Å². The Bertz CT molecular complexity index is 1010. The van der Waals surface area contributed by atoms with Crippen molar-refractivity contribution in [3.8, 4) is 0 Å². The lowest BCUT2D eigenvalue weighted by atomic mass is 9.95. The van der Waals surface area contributed by atoms with E-state index >= 15 is 0 Å². The summed E-state index contributed by atoms with van der Waals surface area (Å²) in [5.41, 5.74) is 2.52. The highest BCUT2D eigenvalue weighted by Crippen LogP contribution is 2.28. The molecule has 4 rings (SSSR count). The number of nitrogens with zero attached hydrogens (tertiary/aromatic N) is 3. The summed E-state index contributed by atoms with van der Waals surface area (Å²) < 4.78 is 0. The number of hydrogen-bond donors (Lipinski definition) is 1. The summed E-state index contributed by atoms with van der Waals surface area (Å²) in [6.07, 6.45) is 5.21. The third-order valence-corrected chi connectivity index (χ3v) is 5.42. The van der Waals surface area contributed by atoms with Crippen LogP contribution in [0.1, 0.15) is 40.7 Å². The van der Waals surface area contributed by atoms with Gasteiger partial charge in [0.1, 0.15) is 0 Å². The van der Waals surface area contributed by atoms with Crippen molar-refractivity contribution in [2.75, 3.05) is 18.4 Å². The Morgan fingerprint density at radius 1 is 0.933 bits per heavy atom. The van der Waals surface area contributed by atoms with Crippen LogP contribution in [-0.2, 0) is 11.3 Å². The minimum Gasteiger partial charge on any atom is -0.361 e. The number of amides is 2. The van der Waals surface area contributed by atoms with Gasteiger partial charge in [-0.05, 0) is 49.7 Å². The smallest absolute Gasteiger partial charge is 0.326 e. The minimum absolute atomic E-state index is 0.0531. The molecule has 2 aromatic rings. The molecule has 1 saturated heterocycles. The molecule has 2 aromatic carbocycles. The number of hydrazine groups is 1. The standard InChI is InChI=1S/C22H22N4O4/c27-21-19-7-3-2-6-18(19)20(22(28)25(21)26(29)30)14-23-17-10-8-16(9-11-17)15-24-12-4-1-5-13-24/h2-3,6-11,14,23H,1,4-5,12-13,15H2/b20-14-. The second-order valence-electron chi connectivity index (χ2n) is 7.44. The van der Waals surface area contributed by atoms with Crippen molar-refractivity contribution in [2.24, 2.45) is 0 Å². The number of likely N-dealkylation sites (tertiary alicyclic amines) is 1. The first kappa shape index (κ1) is 19.8. The summed E-state index contributed by atoms with van der Waals surface area (Å²) in [6, 6.07) is 14.2. The third-order valence-electron chi connectivity index (χ3n) is 5.42. The zero-order chi connectivity index (χ0) is 21.1. The van der Waals surface area contributed by atoms with Crippen molar-refractivity contribution in [3.63, 3.8) is 0 Å². The van der Waals surface area contributed by atoms with Crippen molar-refractivity contribution in [2.45, 2.75) is 25.8 Å². The highest BCUT2D eigenvalue weighted by molar-refractivity contribution is 6.30. The Kier molecular flexibility index (Phi) is 5.58. The van der Waals surface area contributed by atoms with Gasteiger partial charge >= 0.3 is 11.8 Å². The van der Waals surface area contributed by atoms with Crippen molar-refractivity contribution in [1.82, 2.24) is 9.91 Å². The molecule has 0 aromatic heterocycles. The molecule has 0 radical (unpaired) electrons. The van der Waals surface area contributed by atoms with Gasteiger partial charge in [-0.25, -0.2) is 10.1 Å². The molecule has 0 aliphatic carbocycles. The van der Waals surface area contributed by atoms with Crippen molar-refractivity contribution >= 4 is 23.1 Å². The maximum atomic E-state index is 12.6. The van der Waals surface area contributed by atoms with E-state index in [0.717, 1.165) is 25.3 Å². The molecule has 2 aliphatic rings. The maximum absolute atomic E-state index is 12.6. The fourth-order valence-electron chi connectivity index (χ4n) is 3.87. The second kappa shape index (κ2) is 8.46. The summed E-state index contributed by atoms with van der Waals surface area (Å²) in [4.78, 5) is 38.6. The molecule has 1 N–H and O–H groups in total. The number of nitrogens with one attached hydrogen (secondary N) is 1. The number of anilines is 1. The van der Waals surface area contributed by atoms with Gasteiger partial charge in [-0.2, -0.15) is 0 Å². The number of nitro groups is 1. The summed E-state index contributed by atoms with van der Waals surface area (Å²) in [6.45, 7) is 3.16. The van der Waals surface area contributed by atoms with E-state index in [9.17, 15) is 19.7 Å². The first-order valence-corrected chi connectivity index (χ1v) is 9.95. The van der Waals surface area contributed by atoms with E-state index in [1.54, 1.807) is 18.2 Å². The average molecular weight is 406 g/mol. The van der Waals surface area contributed by atoms with E-state index in [4.69, 9.17) is 0 Å². The Hall–Kier alpha value is -3.52. The van der Waals surface area contributed by atoms with Gasteiger partial charge in [-0.3, -0.25) is 14.5 Å². The van der Waals surface area contributed by atoms with Crippen LogP contribution in [-0.4, -0.2) is 39.8 Å². The van der Waals surface area contributed by atoms with Crippen LogP contribution in [0.2, 0.25) is 0 Å². The zero-order valence-corrected chi connectivity index (χ0v) is 16.4. The Morgan fingerprint density at radius 3 is 2.27 bits per heavy atom. The van der Waals surface area contributed by atoms with Gasteiger partial charge in [0.2, 0.25) is 0 Å². The molecule has 30 heavy (non-hydrogen) atoms. The summed E-state index contributed by atoms with van der Waals surface area (Å²) in [5.74, 6) is -1.89. The molecule has 0 saturated carbocycles. The Labute approximate surface area is 173 Å². The highest BCUT2D eigenvalue weighted by atomic mass is 16.7. The normalized spacial score (nSPS) is 18.4. The molecule has 0 spiro atoms. The van der Waals surface area contributed by atoms with Gasteiger partial charge in [-0.1, -0.05) is 36.8 Å². The predicted molar refractivity (Wildman–Crippen MR) is 112 cm³/mol. The molecule has 1 fully saturated rings. The fourth-order valence-corrected chi connectivity index (χ4v) is 3.87. The van der Waals surface area contributed by atoms with Crippen LogP contribution in [0, 0.1) is 10.1 Å². The minimum atomic E-state index is -0.982. The molecular formula is C22H22N4O4. The summed E-state index contributed by atoms with van der Waals surface area (Å²) >= 11 is 0. The van der Waals surface area contributed by atoms with Crippen LogP contribution >= 0.6 is 0 Å². The molecule has 0 unspecified atom stereocenters. The molecule has 2 amide bonds. The van der Waals surface area contributed by atoms with E-state index in [1.807, 2.05) is 24.3 Å². The molecule has 8 nitrogen and oxygen atoms in total. The lowest BCUT2D eigenvalue weighted by Gasteiger charge is -2.26. The lowest BCUT2D eigenvalue weighted by molar-refractivity contribution is -0.611. The van der Waals surface area contributed by atoms with Gasteiger partial charge < -0.3 is 5.32 Å². The molecule has 2 heterocycles. The molecule has 2 aliphatic heterocycles. The largest absolute Gasteiger partial charge is 0.361 e. The first-order chi connectivity index (χ1) is 14.5. The topological polar surface area (TPSA) is 95.8 Å². The van der Waals surface area contributed by atoms with Crippen LogP contribution in [0.5, 0.6) is 0 Å². The number of benzene rings is 2. The van der Waals surface area contributed by atoms with Crippen LogP contribution in [0.25, 0.3) is 5.57 Å². The van der Waals surface area contributed by atoms with Crippen molar-refractivity contribution in [1.29, 1.82) is 0 Å². The van der Waals surface area contributed by atoms with Gasteiger partial charge in [0.05, 0.1) is 11.1 Å². The van der Waals surface area contributed by atoms with Gasteiger partial charge in [-0.15, -0.1) is 0 Å². The van der Waals surface area contributed by atoms with Crippen LogP contribution < -0.4 is 5.32 Å². The lowest BCUT2D eigenvalue weighted by Crippen LogP contribution is -2.45. The number of carbonyl (C=O) groups is 2. The third kappa shape index (κ3) is 3.95. The highest BCUT2D eigenvalue weighted by Gasteiger charge is 2.42. The number of fused-ring (bicyclic) bond motifs is 1. The number of carbonyl (C=O) groups excluding carboxylic acids is 2. The molecule has 8 heteroatoms. The second-order valence-corrected chi connectivity index (χ2v) is 7.44. The summed E-state index contributed by atoms with van der Waals surface area (Å²) in [5, 5.41) is 13.3. The van der Waals surface area contributed by atoms with E-state index in [-0.39, 0.29) is 16.1 Å². The number of piperidine rings is 1. The molecule has 154 valence electrons. The van der Waals surface area contributed by atoms with Gasteiger partial charge in [0.15, 0.2) is 5.03 Å². The number of hydrogen-bond acceptors (Lipinski definition) is 6. The van der Waals surface area contributed by atoms with Gasteiger partial charge in [0.25, 0.3) is 0 Å². The maximum Gasteiger partial charge on any atom is 0.326 e. The summed E-state index contributed by atoms with van der Waals surface area (Å²) in [7, 11) is 0. The van der Waals surface area contributed by atoms with E-state index < -0.39 is 16.8 Å². The fraction of sp³-hybridized carbons (Fsp3) is 0.273. The van der Waals surface area contributed by atoms with Crippen LogP contribution in [0.4, 0.5) is 5.69 Å².